The highest BCUT2D eigenvalue weighted by Crippen LogP contribution is 2.37. The van der Waals surface area contributed by atoms with E-state index >= 15 is 0 Å². The van der Waals surface area contributed by atoms with Gasteiger partial charge in [-0.05, 0) is 31.5 Å². The van der Waals surface area contributed by atoms with Crippen LogP contribution < -0.4 is 9.64 Å². The Morgan fingerprint density at radius 3 is 2.82 bits per heavy atom. The summed E-state index contributed by atoms with van der Waals surface area (Å²) in [6.07, 6.45) is 0.332. The first-order valence-electron chi connectivity index (χ1n) is 5.43. The molecule has 1 aromatic rings. The summed E-state index contributed by atoms with van der Waals surface area (Å²) < 4.78 is 5.66. The van der Waals surface area contributed by atoms with Crippen LogP contribution in [-0.4, -0.2) is 18.6 Å². The Balaban J connectivity index is 2.47. The van der Waals surface area contributed by atoms with Crippen molar-refractivity contribution in [2.75, 3.05) is 11.9 Å². The van der Waals surface area contributed by atoms with E-state index < -0.39 is 5.60 Å². The number of rotatable bonds is 1. The number of likely N-dealkylation sites (N-methyl/N-ethyl adjacent to an activating group) is 1. The van der Waals surface area contributed by atoms with Crippen molar-refractivity contribution in [2.45, 2.75) is 25.9 Å². The minimum atomic E-state index is -0.835. The van der Waals surface area contributed by atoms with E-state index in [0.717, 1.165) is 11.3 Å². The van der Waals surface area contributed by atoms with Gasteiger partial charge in [-0.2, -0.15) is 5.26 Å². The molecule has 2 rings (SSSR count). The lowest BCUT2D eigenvalue weighted by molar-refractivity contribution is -0.132. The van der Waals surface area contributed by atoms with Gasteiger partial charge in [0.15, 0.2) is 5.60 Å². The van der Waals surface area contributed by atoms with Crippen molar-refractivity contribution in [3.63, 3.8) is 0 Å². The fourth-order valence-corrected chi connectivity index (χ4v) is 1.94. The molecule has 0 unspecified atom stereocenters. The van der Waals surface area contributed by atoms with E-state index in [0.29, 0.717) is 12.2 Å². The van der Waals surface area contributed by atoms with Crippen molar-refractivity contribution in [1.29, 1.82) is 5.26 Å². The number of hydrogen-bond acceptors (Lipinski definition) is 3. The summed E-state index contributed by atoms with van der Waals surface area (Å²) in [5.74, 6) is 0.595. The van der Waals surface area contributed by atoms with Gasteiger partial charge in [-0.15, -0.1) is 0 Å². The van der Waals surface area contributed by atoms with Crippen LogP contribution in [0, 0.1) is 11.3 Å². The Labute approximate surface area is 100 Å². The van der Waals surface area contributed by atoms with Crippen LogP contribution in [0.5, 0.6) is 5.75 Å². The van der Waals surface area contributed by atoms with Gasteiger partial charge in [-0.3, -0.25) is 4.79 Å². The maximum atomic E-state index is 12.0. The number of fused-ring (bicyclic) bond motifs is 1. The topological polar surface area (TPSA) is 53.3 Å². The van der Waals surface area contributed by atoms with E-state index in [-0.39, 0.29) is 5.91 Å². The molecule has 1 aliphatic heterocycles. The van der Waals surface area contributed by atoms with Crippen LogP contribution in [-0.2, 0) is 11.2 Å². The minimum Gasteiger partial charge on any atom is -0.476 e. The zero-order chi connectivity index (χ0) is 12.6. The van der Waals surface area contributed by atoms with Crippen molar-refractivity contribution >= 4 is 11.6 Å². The number of amides is 1. The predicted molar refractivity (Wildman–Crippen MR) is 63.9 cm³/mol. The molecule has 0 aromatic heterocycles. The van der Waals surface area contributed by atoms with E-state index in [1.165, 1.54) is 0 Å². The molecular formula is C13H14N2O2. The highest BCUT2D eigenvalue weighted by Gasteiger charge is 2.39. The van der Waals surface area contributed by atoms with Crippen molar-refractivity contribution in [3.05, 3.63) is 23.8 Å². The Bertz CT molecular complexity index is 515. The highest BCUT2D eigenvalue weighted by molar-refractivity contribution is 6.01. The van der Waals surface area contributed by atoms with Gasteiger partial charge in [-0.1, -0.05) is 6.07 Å². The van der Waals surface area contributed by atoms with Crippen LogP contribution in [0.2, 0.25) is 0 Å². The summed E-state index contributed by atoms with van der Waals surface area (Å²) in [7, 11) is 1.72. The van der Waals surface area contributed by atoms with E-state index in [9.17, 15) is 4.79 Å². The van der Waals surface area contributed by atoms with Gasteiger partial charge >= 0.3 is 0 Å². The monoisotopic (exact) mass is 230 g/mol. The van der Waals surface area contributed by atoms with Gasteiger partial charge in [0.25, 0.3) is 5.91 Å². The molecule has 0 aliphatic carbocycles. The normalized spacial score (nSPS) is 17.1. The fourth-order valence-electron chi connectivity index (χ4n) is 1.94. The summed E-state index contributed by atoms with van der Waals surface area (Å²) in [5.41, 5.74) is 0.773. The van der Waals surface area contributed by atoms with Crippen LogP contribution in [0.15, 0.2) is 18.2 Å². The molecule has 0 radical (unpaired) electrons. The molecule has 1 amide bonds. The molecule has 4 nitrogen and oxygen atoms in total. The Kier molecular flexibility index (Phi) is 2.55. The molecule has 0 saturated carbocycles. The lowest BCUT2D eigenvalue weighted by Gasteiger charge is -2.37. The van der Waals surface area contributed by atoms with Gasteiger partial charge in [0.1, 0.15) is 5.75 Å². The average molecular weight is 230 g/mol. The maximum absolute atomic E-state index is 12.0. The Morgan fingerprint density at radius 2 is 2.18 bits per heavy atom. The zero-order valence-corrected chi connectivity index (χ0v) is 10.2. The molecule has 0 saturated heterocycles. The lowest BCUT2D eigenvalue weighted by Crippen LogP contribution is -2.50. The number of carbonyl (C=O) groups excluding carboxylic acids is 1. The van der Waals surface area contributed by atoms with Gasteiger partial charge in [-0.25, -0.2) is 0 Å². The molecule has 1 heterocycles. The van der Waals surface area contributed by atoms with Crippen LogP contribution in [0.4, 0.5) is 5.69 Å². The molecule has 0 spiro atoms. The van der Waals surface area contributed by atoms with E-state index in [2.05, 4.69) is 6.07 Å². The fraction of sp³-hybridized carbons (Fsp3) is 0.385. The van der Waals surface area contributed by atoms with Crippen LogP contribution in [0.25, 0.3) is 0 Å². The molecular weight excluding hydrogens is 216 g/mol. The second-order valence-corrected chi connectivity index (χ2v) is 4.61. The zero-order valence-electron chi connectivity index (χ0n) is 10.2. The largest absolute Gasteiger partial charge is 0.476 e. The average Bonchev–Trinajstić information content (AvgIpc) is 2.27. The molecule has 1 aliphatic rings. The molecule has 17 heavy (non-hydrogen) atoms. The maximum Gasteiger partial charge on any atom is 0.270 e. The number of nitrogens with zero attached hydrogens (tertiary/aromatic N) is 2. The molecule has 0 bridgehead atoms. The number of ether oxygens (including phenoxy) is 1. The predicted octanol–water partition coefficient (Wildman–Crippen LogP) is 1.89. The van der Waals surface area contributed by atoms with Crippen molar-refractivity contribution < 1.29 is 9.53 Å². The van der Waals surface area contributed by atoms with Crippen LogP contribution >= 0.6 is 0 Å². The van der Waals surface area contributed by atoms with Crippen molar-refractivity contribution in [1.82, 2.24) is 0 Å². The standard InChI is InChI=1S/C13H14N2O2/c1-13(2)12(16)15(3)10-8-9(6-7-14)4-5-11(10)17-13/h4-5,8H,6H2,1-3H3. The quantitative estimate of drug-likeness (QED) is 0.740. The third kappa shape index (κ3) is 1.84. The van der Waals surface area contributed by atoms with Crippen molar-refractivity contribution in [2.24, 2.45) is 0 Å². The molecule has 0 atom stereocenters. The van der Waals surface area contributed by atoms with Gasteiger partial charge in [0.2, 0.25) is 0 Å². The van der Waals surface area contributed by atoms with E-state index in [1.54, 1.807) is 25.8 Å². The number of nitriles is 1. The molecule has 0 N–H and O–H groups in total. The first-order chi connectivity index (χ1) is 7.95. The first kappa shape index (κ1) is 11.5. The van der Waals surface area contributed by atoms with E-state index in [4.69, 9.17) is 10.00 Å². The van der Waals surface area contributed by atoms with Crippen molar-refractivity contribution in [3.8, 4) is 11.8 Å². The minimum absolute atomic E-state index is 0.0842. The second kappa shape index (κ2) is 3.77. The van der Waals surface area contributed by atoms with E-state index in [1.807, 2.05) is 18.2 Å². The highest BCUT2D eigenvalue weighted by atomic mass is 16.5. The molecule has 88 valence electrons. The smallest absolute Gasteiger partial charge is 0.270 e. The summed E-state index contributed by atoms with van der Waals surface area (Å²) in [5, 5.41) is 8.66. The van der Waals surface area contributed by atoms with Gasteiger partial charge in [0, 0.05) is 7.05 Å². The molecule has 0 fully saturated rings. The number of carbonyl (C=O) groups is 1. The Morgan fingerprint density at radius 1 is 1.47 bits per heavy atom. The third-order valence-electron chi connectivity index (χ3n) is 2.85. The summed E-state index contributed by atoms with van der Waals surface area (Å²) in [6, 6.07) is 7.58. The van der Waals surface area contributed by atoms with Gasteiger partial charge < -0.3 is 9.64 Å². The number of hydrogen-bond donors (Lipinski definition) is 0. The number of anilines is 1. The second-order valence-electron chi connectivity index (χ2n) is 4.61. The number of benzene rings is 1. The molecule has 4 heteroatoms. The van der Waals surface area contributed by atoms with Gasteiger partial charge in [0.05, 0.1) is 18.2 Å². The summed E-state index contributed by atoms with van der Waals surface area (Å²) in [4.78, 5) is 13.6. The lowest BCUT2D eigenvalue weighted by atomic mass is 10.0. The third-order valence-corrected chi connectivity index (χ3v) is 2.85. The summed E-state index contributed by atoms with van der Waals surface area (Å²) in [6.45, 7) is 3.50. The SMILES string of the molecule is CN1C(=O)C(C)(C)Oc2ccc(CC#N)cc21. The van der Waals surface area contributed by atoms with Crippen LogP contribution in [0.1, 0.15) is 19.4 Å². The Hall–Kier alpha value is -2.02. The summed E-state index contributed by atoms with van der Waals surface area (Å²) >= 11 is 0. The van der Waals surface area contributed by atoms with Crippen LogP contribution in [0.3, 0.4) is 0 Å². The first-order valence-corrected chi connectivity index (χ1v) is 5.43. The molecule has 1 aromatic carbocycles.